The van der Waals surface area contributed by atoms with Crippen LogP contribution in [0, 0.1) is 12.8 Å². The molecule has 2 amide bonds. The van der Waals surface area contributed by atoms with E-state index < -0.39 is 0 Å². The summed E-state index contributed by atoms with van der Waals surface area (Å²) >= 11 is 4.88. The van der Waals surface area contributed by atoms with Crippen LogP contribution in [0.25, 0.3) is 0 Å². The molecule has 4 nitrogen and oxygen atoms in total. The molecule has 20 heavy (non-hydrogen) atoms. The van der Waals surface area contributed by atoms with Gasteiger partial charge in [-0.1, -0.05) is 43.8 Å². The molecule has 1 rings (SSSR count). The first kappa shape index (κ1) is 16.4. The van der Waals surface area contributed by atoms with E-state index in [1.54, 1.807) is 4.90 Å². The number of rotatable bonds is 6. The van der Waals surface area contributed by atoms with E-state index in [-0.39, 0.29) is 6.03 Å². The summed E-state index contributed by atoms with van der Waals surface area (Å²) in [6.07, 6.45) is 0.545. The molecule has 0 unspecified atom stereocenters. The number of urea groups is 1. The van der Waals surface area contributed by atoms with Crippen LogP contribution in [-0.2, 0) is 0 Å². The van der Waals surface area contributed by atoms with E-state index in [1.807, 2.05) is 31.2 Å². The molecule has 0 radical (unpaired) electrons. The second-order valence-electron chi connectivity index (χ2n) is 5.35. The van der Waals surface area contributed by atoms with E-state index in [0.717, 1.165) is 11.3 Å². The lowest BCUT2D eigenvalue weighted by molar-refractivity contribution is 0.206. The number of anilines is 1. The van der Waals surface area contributed by atoms with E-state index in [0.29, 0.717) is 30.4 Å². The van der Waals surface area contributed by atoms with Crippen LogP contribution in [0.2, 0.25) is 0 Å². The molecule has 0 spiro atoms. The Labute approximate surface area is 126 Å². The lowest BCUT2D eigenvalue weighted by Crippen LogP contribution is -2.39. The maximum atomic E-state index is 12.3. The lowest BCUT2D eigenvalue weighted by atomic mass is 10.2. The van der Waals surface area contributed by atoms with Crippen LogP contribution in [0.15, 0.2) is 24.3 Å². The Morgan fingerprint density at radius 2 is 1.95 bits per heavy atom. The minimum Gasteiger partial charge on any atom is -0.393 e. The molecule has 0 atom stereocenters. The van der Waals surface area contributed by atoms with Crippen molar-refractivity contribution in [2.24, 2.45) is 11.7 Å². The molecule has 0 saturated carbocycles. The van der Waals surface area contributed by atoms with Gasteiger partial charge >= 0.3 is 6.03 Å². The number of hydrogen-bond donors (Lipinski definition) is 2. The van der Waals surface area contributed by atoms with Crippen LogP contribution >= 0.6 is 12.2 Å². The Kier molecular flexibility index (Phi) is 6.45. The molecule has 1 aromatic carbocycles. The fourth-order valence-corrected chi connectivity index (χ4v) is 1.89. The zero-order valence-electron chi connectivity index (χ0n) is 12.3. The average molecular weight is 293 g/mol. The molecule has 0 aliphatic heterocycles. The summed E-state index contributed by atoms with van der Waals surface area (Å²) < 4.78 is 0. The molecule has 0 heterocycles. The summed E-state index contributed by atoms with van der Waals surface area (Å²) in [6, 6.07) is 7.62. The molecule has 0 fully saturated rings. The van der Waals surface area contributed by atoms with Crippen LogP contribution in [0.5, 0.6) is 0 Å². The van der Waals surface area contributed by atoms with Crippen molar-refractivity contribution in [2.45, 2.75) is 27.2 Å². The van der Waals surface area contributed by atoms with E-state index in [2.05, 4.69) is 19.2 Å². The number of nitrogens with zero attached hydrogens (tertiary/aromatic N) is 1. The Morgan fingerprint density at radius 1 is 1.35 bits per heavy atom. The third-order valence-electron chi connectivity index (χ3n) is 2.80. The number of hydrogen-bond acceptors (Lipinski definition) is 2. The zero-order chi connectivity index (χ0) is 15.1. The van der Waals surface area contributed by atoms with Gasteiger partial charge in [0.05, 0.1) is 4.99 Å². The van der Waals surface area contributed by atoms with Crippen molar-refractivity contribution < 1.29 is 4.79 Å². The fourth-order valence-electron chi connectivity index (χ4n) is 1.80. The number of nitrogens with one attached hydrogen (secondary N) is 1. The van der Waals surface area contributed by atoms with E-state index in [1.165, 1.54) is 0 Å². The van der Waals surface area contributed by atoms with Crippen LogP contribution in [0.3, 0.4) is 0 Å². The molecule has 0 aliphatic carbocycles. The SMILES string of the molecule is Cc1ccc(NC(=O)N(CCC(N)=S)CC(C)C)cc1. The van der Waals surface area contributed by atoms with Crippen molar-refractivity contribution in [3.05, 3.63) is 29.8 Å². The summed E-state index contributed by atoms with van der Waals surface area (Å²) in [4.78, 5) is 14.5. The summed E-state index contributed by atoms with van der Waals surface area (Å²) in [5, 5.41) is 2.90. The quantitative estimate of drug-likeness (QED) is 0.792. The maximum absolute atomic E-state index is 12.3. The van der Waals surface area contributed by atoms with Gasteiger partial charge in [0.2, 0.25) is 0 Å². The smallest absolute Gasteiger partial charge is 0.321 e. The largest absolute Gasteiger partial charge is 0.393 e. The minimum atomic E-state index is -0.112. The second-order valence-corrected chi connectivity index (χ2v) is 5.88. The van der Waals surface area contributed by atoms with Gasteiger partial charge in [-0.3, -0.25) is 0 Å². The van der Waals surface area contributed by atoms with Crippen molar-refractivity contribution in [2.75, 3.05) is 18.4 Å². The molecule has 1 aromatic rings. The van der Waals surface area contributed by atoms with Gasteiger partial charge in [0.25, 0.3) is 0 Å². The Balaban J connectivity index is 2.66. The highest BCUT2D eigenvalue weighted by Gasteiger charge is 2.15. The van der Waals surface area contributed by atoms with E-state index >= 15 is 0 Å². The minimum absolute atomic E-state index is 0.112. The third kappa shape index (κ3) is 6.02. The van der Waals surface area contributed by atoms with Crippen molar-refractivity contribution in [3.8, 4) is 0 Å². The molecule has 0 saturated heterocycles. The summed E-state index contributed by atoms with van der Waals surface area (Å²) in [5.74, 6) is 0.394. The highest BCUT2D eigenvalue weighted by Crippen LogP contribution is 2.10. The summed E-state index contributed by atoms with van der Waals surface area (Å²) in [6.45, 7) is 7.39. The van der Waals surface area contributed by atoms with Crippen molar-refractivity contribution in [1.82, 2.24) is 4.90 Å². The Morgan fingerprint density at radius 3 is 2.45 bits per heavy atom. The molecule has 110 valence electrons. The highest BCUT2D eigenvalue weighted by atomic mass is 32.1. The molecule has 3 N–H and O–H groups in total. The van der Waals surface area contributed by atoms with Crippen molar-refractivity contribution in [3.63, 3.8) is 0 Å². The van der Waals surface area contributed by atoms with E-state index in [9.17, 15) is 4.79 Å². The number of thiocarbonyl (C=S) groups is 1. The zero-order valence-corrected chi connectivity index (χ0v) is 13.2. The number of nitrogens with two attached hydrogens (primary N) is 1. The van der Waals surface area contributed by atoms with Crippen LogP contribution in [0.1, 0.15) is 25.8 Å². The van der Waals surface area contributed by atoms with Gasteiger partial charge in [0, 0.05) is 25.2 Å². The first-order valence-corrected chi connectivity index (χ1v) is 7.20. The van der Waals surface area contributed by atoms with Gasteiger partial charge in [-0.25, -0.2) is 4.79 Å². The van der Waals surface area contributed by atoms with Gasteiger partial charge in [-0.15, -0.1) is 0 Å². The Hall–Kier alpha value is -1.62. The van der Waals surface area contributed by atoms with Gasteiger partial charge in [0.1, 0.15) is 0 Å². The van der Waals surface area contributed by atoms with Crippen molar-refractivity contribution in [1.29, 1.82) is 0 Å². The normalized spacial score (nSPS) is 10.4. The Bertz CT molecular complexity index is 457. The standard InChI is InChI=1S/C15H23N3OS/c1-11(2)10-18(9-8-14(16)20)15(19)17-13-6-4-12(3)5-7-13/h4-7,11H,8-10H2,1-3H3,(H2,16,20)(H,17,19). The van der Waals surface area contributed by atoms with Gasteiger partial charge < -0.3 is 16.0 Å². The number of carbonyl (C=O) groups excluding carboxylic acids is 1. The molecule has 0 aromatic heterocycles. The van der Waals surface area contributed by atoms with Crippen LogP contribution in [0.4, 0.5) is 10.5 Å². The van der Waals surface area contributed by atoms with Gasteiger partial charge in [0.15, 0.2) is 0 Å². The third-order valence-corrected chi connectivity index (χ3v) is 3.01. The fraction of sp³-hybridized carbons (Fsp3) is 0.467. The van der Waals surface area contributed by atoms with Crippen LogP contribution in [-0.4, -0.2) is 29.0 Å². The monoisotopic (exact) mass is 293 g/mol. The topological polar surface area (TPSA) is 58.4 Å². The number of carbonyl (C=O) groups is 1. The average Bonchev–Trinajstić information content (AvgIpc) is 2.36. The van der Waals surface area contributed by atoms with Crippen molar-refractivity contribution >= 4 is 28.9 Å². The molecular formula is C15H23N3OS. The summed E-state index contributed by atoms with van der Waals surface area (Å²) in [7, 11) is 0. The number of amides is 2. The van der Waals surface area contributed by atoms with Crippen LogP contribution < -0.4 is 11.1 Å². The number of benzene rings is 1. The summed E-state index contributed by atoms with van der Waals surface area (Å²) in [5.41, 5.74) is 7.47. The molecule has 0 bridgehead atoms. The first-order valence-electron chi connectivity index (χ1n) is 6.79. The van der Waals surface area contributed by atoms with Gasteiger partial charge in [-0.2, -0.15) is 0 Å². The van der Waals surface area contributed by atoms with E-state index in [4.69, 9.17) is 18.0 Å². The molecule has 5 heteroatoms. The first-order chi connectivity index (χ1) is 9.38. The predicted molar refractivity (Wildman–Crippen MR) is 88.0 cm³/mol. The molecular weight excluding hydrogens is 270 g/mol. The number of aryl methyl sites for hydroxylation is 1. The van der Waals surface area contributed by atoms with Gasteiger partial charge in [-0.05, 0) is 25.0 Å². The second kappa shape index (κ2) is 7.85. The predicted octanol–water partition coefficient (Wildman–Crippen LogP) is 3.16. The maximum Gasteiger partial charge on any atom is 0.321 e. The highest BCUT2D eigenvalue weighted by molar-refractivity contribution is 7.80. The molecule has 0 aliphatic rings. The lowest BCUT2D eigenvalue weighted by Gasteiger charge is -2.24.